The van der Waals surface area contributed by atoms with Gasteiger partial charge in [0.25, 0.3) is 0 Å². The number of halogens is 1. The number of hydrogen-bond acceptors (Lipinski definition) is 4. The van der Waals surface area contributed by atoms with Gasteiger partial charge in [0.1, 0.15) is 0 Å². The maximum absolute atomic E-state index is 11.1. The van der Waals surface area contributed by atoms with Gasteiger partial charge in [-0.05, 0) is 31.0 Å². The predicted molar refractivity (Wildman–Crippen MR) is 111 cm³/mol. The molecule has 0 bridgehead atoms. The molecule has 0 radical (unpaired) electrons. The van der Waals surface area contributed by atoms with Crippen molar-refractivity contribution in [2.75, 3.05) is 40.0 Å². The van der Waals surface area contributed by atoms with Gasteiger partial charge in [0, 0.05) is 32.4 Å². The molecule has 1 aromatic carbocycles. The van der Waals surface area contributed by atoms with E-state index < -0.39 is 5.91 Å². The Balaban J connectivity index is 0.00000576. The largest absolute Gasteiger partial charge is 0.382 e. The molecule has 4 N–H and O–H groups in total. The first-order chi connectivity index (χ1) is 11.7. The molecular formula is C17H29IN4O3. The standard InChI is InChI=1S/C17H28N4O3.HI/c1-3-19-17(20-9-4-10-24-12-11-23-2)21-13-14-5-7-15(8-6-14)16(18)22;/h5-8H,3-4,9-13H2,1-2H3,(H2,18,22)(H2,19,20,21);1H. The monoisotopic (exact) mass is 464 g/mol. The Morgan fingerprint density at radius 2 is 1.88 bits per heavy atom. The van der Waals surface area contributed by atoms with Crippen LogP contribution in [0.25, 0.3) is 0 Å². The number of nitrogens with two attached hydrogens (primary N) is 1. The summed E-state index contributed by atoms with van der Waals surface area (Å²) in [6.45, 7) is 6.03. The van der Waals surface area contributed by atoms with Gasteiger partial charge in [-0.15, -0.1) is 24.0 Å². The summed E-state index contributed by atoms with van der Waals surface area (Å²) < 4.78 is 10.3. The molecule has 0 saturated heterocycles. The summed E-state index contributed by atoms with van der Waals surface area (Å²) in [5.74, 6) is 0.334. The molecule has 0 aliphatic heterocycles. The highest BCUT2D eigenvalue weighted by atomic mass is 127. The van der Waals surface area contributed by atoms with Gasteiger partial charge < -0.3 is 25.8 Å². The van der Waals surface area contributed by atoms with Gasteiger partial charge >= 0.3 is 0 Å². The molecule has 0 spiro atoms. The van der Waals surface area contributed by atoms with Crippen LogP contribution in [0.15, 0.2) is 29.3 Å². The van der Waals surface area contributed by atoms with Crippen molar-refractivity contribution in [3.05, 3.63) is 35.4 Å². The minimum Gasteiger partial charge on any atom is -0.382 e. The molecule has 1 amide bonds. The molecule has 25 heavy (non-hydrogen) atoms. The third-order valence-corrected chi connectivity index (χ3v) is 3.19. The van der Waals surface area contributed by atoms with Crippen LogP contribution >= 0.6 is 24.0 Å². The van der Waals surface area contributed by atoms with Gasteiger partial charge in [-0.1, -0.05) is 12.1 Å². The first-order valence-electron chi connectivity index (χ1n) is 8.15. The lowest BCUT2D eigenvalue weighted by Crippen LogP contribution is -2.38. The van der Waals surface area contributed by atoms with Crippen LogP contribution in [0.3, 0.4) is 0 Å². The zero-order valence-corrected chi connectivity index (χ0v) is 17.2. The molecule has 8 heteroatoms. The van der Waals surface area contributed by atoms with E-state index in [1.807, 2.05) is 19.1 Å². The fraction of sp³-hybridized carbons (Fsp3) is 0.529. The van der Waals surface area contributed by atoms with Gasteiger partial charge in [-0.2, -0.15) is 0 Å². The summed E-state index contributed by atoms with van der Waals surface area (Å²) in [5, 5.41) is 6.46. The van der Waals surface area contributed by atoms with Crippen LogP contribution in [0.4, 0.5) is 0 Å². The number of methoxy groups -OCH3 is 1. The summed E-state index contributed by atoms with van der Waals surface area (Å²) in [6.07, 6.45) is 0.890. The molecule has 1 aromatic rings. The Kier molecular flexibility index (Phi) is 14.1. The Morgan fingerprint density at radius 1 is 1.16 bits per heavy atom. The molecule has 0 unspecified atom stereocenters. The number of rotatable bonds is 11. The van der Waals surface area contributed by atoms with E-state index in [0.29, 0.717) is 31.9 Å². The number of benzene rings is 1. The Bertz CT molecular complexity index is 509. The zero-order chi connectivity index (χ0) is 17.6. The van der Waals surface area contributed by atoms with Crippen molar-refractivity contribution in [2.45, 2.75) is 19.9 Å². The van der Waals surface area contributed by atoms with E-state index in [-0.39, 0.29) is 24.0 Å². The molecule has 0 aliphatic rings. The summed E-state index contributed by atoms with van der Waals surface area (Å²) in [6, 6.07) is 7.14. The molecule has 0 atom stereocenters. The lowest BCUT2D eigenvalue weighted by Gasteiger charge is -2.11. The normalized spacial score (nSPS) is 10.9. The van der Waals surface area contributed by atoms with E-state index in [2.05, 4.69) is 15.6 Å². The smallest absolute Gasteiger partial charge is 0.248 e. The highest BCUT2D eigenvalue weighted by Crippen LogP contribution is 2.05. The van der Waals surface area contributed by atoms with Gasteiger partial charge in [0.05, 0.1) is 19.8 Å². The van der Waals surface area contributed by atoms with Crippen LogP contribution in [-0.4, -0.2) is 51.9 Å². The van der Waals surface area contributed by atoms with E-state index in [0.717, 1.165) is 31.0 Å². The number of aliphatic imine (C=N–C) groups is 1. The molecule has 0 fully saturated rings. The van der Waals surface area contributed by atoms with Gasteiger partial charge in [0.2, 0.25) is 5.91 Å². The number of ether oxygens (including phenoxy) is 2. The van der Waals surface area contributed by atoms with Crippen molar-refractivity contribution >= 4 is 35.8 Å². The average molecular weight is 464 g/mol. The van der Waals surface area contributed by atoms with E-state index in [1.165, 1.54) is 0 Å². The van der Waals surface area contributed by atoms with E-state index in [1.54, 1.807) is 19.2 Å². The van der Waals surface area contributed by atoms with Crippen LogP contribution in [0.1, 0.15) is 29.3 Å². The van der Waals surface area contributed by atoms with Crippen molar-refractivity contribution in [1.29, 1.82) is 0 Å². The number of primary amides is 1. The second-order valence-electron chi connectivity index (χ2n) is 5.14. The lowest BCUT2D eigenvalue weighted by atomic mass is 10.1. The highest BCUT2D eigenvalue weighted by Gasteiger charge is 2.01. The molecule has 142 valence electrons. The van der Waals surface area contributed by atoms with E-state index in [4.69, 9.17) is 15.2 Å². The Labute approximate surface area is 166 Å². The van der Waals surface area contributed by atoms with E-state index in [9.17, 15) is 4.79 Å². The Hall–Kier alpha value is -1.39. The molecule has 0 heterocycles. The molecular weight excluding hydrogens is 435 g/mol. The topological polar surface area (TPSA) is 98.0 Å². The van der Waals surface area contributed by atoms with Gasteiger partial charge in [0.15, 0.2) is 5.96 Å². The third-order valence-electron chi connectivity index (χ3n) is 3.19. The van der Waals surface area contributed by atoms with Crippen LogP contribution in [0.5, 0.6) is 0 Å². The van der Waals surface area contributed by atoms with Crippen molar-refractivity contribution in [2.24, 2.45) is 10.7 Å². The van der Waals surface area contributed by atoms with Crippen LogP contribution in [-0.2, 0) is 16.0 Å². The summed E-state index contributed by atoms with van der Waals surface area (Å²) in [5.41, 5.74) is 6.74. The fourth-order valence-electron chi connectivity index (χ4n) is 1.91. The molecule has 0 aliphatic carbocycles. The van der Waals surface area contributed by atoms with E-state index >= 15 is 0 Å². The number of hydrogen-bond donors (Lipinski definition) is 3. The zero-order valence-electron chi connectivity index (χ0n) is 14.9. The molecule has 0 aromatic heterocycles. The number of carbonyl (C=O) groups excluding carboxylic acids is 1. The third kappa shape index (κ3) is 11.0. The van der Waals surface area contributed by atoms with Crippen LogP contribution < -0.4 is 16.4 Å². The quantitative estimate of drug-likeness (QED) is 0.200. The summed E-state index contributed by atoms with van der Waals surface area (Å²) in [7, 11) is 1.66. The van der Waals surface area contributed by atoms with Gasteiger partial charge in [-0.25, -0.2) is 4.99 Å². The maximum atomic E-state index is 11.1. The fourth-order valence-corrected chi connectivity index (χ4v) is 1.91. The highest BCUT2D eigenvalue weighted by molar-refractivity contribution is 14.0. The van der Waals surface area contributed by atoms with Gasteiger partial charge in [-0.3, -0.25) is 4.79 Å². The second kappa shape index (κ2) is 14.9. The van der Waals surface area contributed by atoms with Crippen molar-refractivity contribution < 1.29 is 14.3 Å². The Morgan fingerprint density at radius 3 is 2.48 bits per heavy atom. The molecule has 0 saturated carbocycles. The molecule has 7 nitrogen and oxygen atoms in total. The summed E-state index contributed by atoms with van der Waals surface area (Å²) in [4.78, 5) is 15.6. The number of amides is 1. The minimum atomic E-state index is -0.423. The number of nitrogens with zero attached hydrogens (tertiary/aromatic N) is 1. The number of nitrogens with one attached hydrogen (secondary N) is 2. The predicted octanol–water partition coefficient (Wildman–Crippen LogP) is 1.51. The average Bonchev–Trinajstić information content (AvgIpc) is 2.59. The van der Waals surface area contributed by atoms with Crippen molar-refractivity contribution in [3.8, 4) is 0 Å². The van der Waals surface area contributed by atoms with Crippen molar-refractivity contribution in [1.82, 2.24) is 10.6 Å². The first-order valence-corrected chi connectivity index (χ1v) is 8.15. The minimum absolute atomic E-state index is 0. The lowest BCUT2D eigenvalue weighted by molar-refractivity contribution is 0.0698. The van der Waals surface area contributed by atoms with Crippen LogP contribution in [0.2, 0.25) is 0 Å². The maximum Gasteiger partial charge on any atom is 0.248 e. The number of guanidine groups is 1. The second-order valence-corrected chi connectivity index (χ2v) is 5.14. The van der Waals surface area contributed by atoms with Crippen molar-refractivity contribution in [3.63, 3.8) is 0 Å². The number of carbonyl (C=O) groups is 1. The first kappa shape index (κ1) is 23.6. The SMILES string of the molecule is CCNC(=NCc1ccc(C(N)=O)cc1)NCCCOCCOC.I. The summed E-state index contributed by atoms with van der Waals surface area (Å²) >= 11 is 0. The van der Waals surface area contributed by atoms with Crippen LogP contribution in [0, 0.1) is 0 Å². The molecule has 1 rings (SSSR count).